The first kappa shape index (κ1) is 19.2. The van der Waals surface area contributed by atoms with Gasteiger partial charge in [-0.1, -0.05) is 11.6 Å². The maximum atomic E-state index is 13.9. The van der Waals surface area contributed by atoms with Crippen molar-refractivity contribution in [2.24, 2.45) is 0 Å². The van der Waals surface area contributed by atoms with Crippen LogP contribution in [0.15, 0.2) is 29.2 Å². The number of hydrogen-bond donors (Lipinski definition) is 0. The number of benzene rings is 1. The highest BCUT2D eigenvalue weighted by Gasteiger charge is 2.23. The Morgan fingerprint density at radius 3 is 2.56 bits per heavy atom. The van der Waals surface area contributed by atoms with E-state index in [-0.39, 0.29) is 23.2 Å². The highest BCUT2D eigenvalue weighted by atomic mass is 35.5. The molecule has 2 heterocycles. The molecular formula is C17H17ClF2N4O3. The van der Waals surface area contributed by atoms with Crippen LogP contribution in [-0.2, 0) is 9.53 Å². The van der Waals surface area contributed by atoms with E-state index in [4.69, 9.17) is 11.6 Å². The number of hydrogen-bond acceptors (Lipinski definition) is 6. The second-order valence-corrected chi connectivity index (χ2v) is 6.37. The zero-order valence-electron chi connectivity index (χ0n) is 14.5. The number of piperazine rings is 1. The Balaban J connectivity index is 1.80. The number of carbonyl (C=O) groups excluding carboxylic acids is 1. The predicted molar refractivity (Wildman–Crippen MR) is 95.4 cm³/mol. The van der Waals surface area contributed by atoms with E-state index in [1.807, 2.05) is 9.80 Å². The van der Waals surface area contributed by atoms with Crippen molar-refractivity contribution in [3.05, 3.63) is 51.4 Å². The summed E-state index contributed by atoms with van der Waals surface area (Å²) in [6.07, 6.45) is 1.38. The first-order valence-corrected chi connectivity index (χ1v) is 8.56. The second kappa shape index (κ2) is 8.01. The Labute approximate surface area is 158 Å². The van der Waals surface area contributed by atoms with Gasteiger partial charge in [0.2, 0.25) is 0 Å². The Morgan fingerprint density at radius 2 is 1.93 bits per heavy atom. The summed E-state index contributed by atoms with van der Waals surface area (Å²) in [4.78, 5) is 27.7. The number of methoxy groups -OCH3 is 1. The minimum Gasteiger partial charge on any atom is -0.468 e. The SMILES string of the molecule is COC(=O)CN1CCN(c2cnn(-c3ccc(F)cc3F)c(=O)c2Cl)CC1. The molecule has 3 rings (SSSR count). The minimum atomic E-state index is -0.912. The zero-order chi connectivity index (χ0) is 19.6. The van der Waals surface area contributed by atoms with E-state index >= 15 is 0 Å². The van der Waals surface area contributed by atoms with Crippen LogP contribution in [-0.4, -0.2) is 60.5 Å². The molecule has 10 heteroatoms. The number of halogens is 3. The summed E-state index contributed by atoms with van der Waals surface area (Å²) < 4.78 is 32.5. The standard InChI is InChI=1S/C17H17ClF2N4O3/c1-27-15(25)10-22-4-6-23(7-5-22)14-9-21-24(17(26)16(14)18)13-3-2-11(19)8-12(13)20/h2-3,8-9H,4-7,10H2,1H3. The van der Waals surface area contributed by atoms with Gasteiger partial charge in [-0.05, 0) is 12.1 Å². The molecule has 1 aromatic heterocycles. The third-order valence-electron chi connectivity index (χ3n) is 4.33. The summed E-state index contributed by atoms with van der Waals surface area (Å²) in [6.45, 7) is 2.43. The molecule has 0 bridgehead atoms. The Morgan fingerprint density at radius 1 is 1.22 bits per heavy atom. The quantitative estimate of drug-likeness (QED) is 0.726. The van der Waals surface area contributed by atoms with Crippen LogP contribution in [0.25, 0.3) is 5.69 Å². The van der Waals surface area contributed by atoms with E-state index in [1.54, 1.807) is 0 Å². The van der Waals surface area contributed by atoms with Gasteiger partial charge in [0.05, 0.1) is 25.5 Å². The van der Waals surface area contributed by atoms with Crippen LogP contribution in [0.2, 0.25) is 5.02 Å². The number of aromatic nitrogens is 2. The lowest BCUT2D eigenvalue weighted by Gasteiger charge is -2.35. The van der Waals surface area contributed by atoms with Gasteiger partial charge in [-0.15, -0.1) is 0 Å². The summed E-state index contributed by atoms with van der Waals surface area (Å²) in [5.74, 6) is -1.98. The summed E-state index contributed by atoms with van der Waals surface area (Å²) in [6, 6.07) is 2.83. The van der Waals surface area contributed by atoms with E-state index in [2.05, 4.69) is 9.84 Å². The Hall–Kier alpha value is -2.52. The number of carbonyl (C=O) groups is 1. The molecule has 1 saturated heterocycles. The summed E-state index contributed by atoms with van der Waals surface area (Å²) >= 11 is 6.21. The minimum absolute atomic E-state index is 0.102. The number of anilines is 1. The van der Waals surface area contributed by atoms with Crippen LogP contribution >= 0.6 is 11.6 Å². The topological polar surface area (TPSA) is 67.7 Å². The van der Waals surface area contributed by atoms with Crippen LogP contribution in [0.4, 0.5) is 14.5 Å². The average Bonchev–Trinajstić information content (AvgIpc) is 2.65. The third kappa shape index (κ3) is 4.09. The molecule has 0 N–H and O–H groups in total. The normalized spacial score (nSPS) is 15.0. The summed E-state index contributed by atoms with van der Waals surface area (Å²) in [5.41, 5.74) is -0.451. The first-order valence-electron chi connectivity index (χ1n) is 8.18. The molecule has 0 radical (unpaired) electrons. The fourth-order valence-corrected chi connectivity index (χ4v) is 3.11. The van der Waals surface area contributed by atoms with Crippen molar-refractivity contribution in [1.82, 2.24) is 14.7 Å². The molecule has 1 aliphatic rings. The predicted octanol–water partition coefficient (Wildman–Crippen LogP) is 1.46. The van der Waals surface area contributed by atoms with E-state index in [0.717, 1.165) is 16.8 Å². The molecule has 1 aliphatic heterocycles. The summed E-state index contributed by atoms with van der Waals surface area (Å²) in [5, 5.41) is 3.88. The van der Waals surface area contributed by atoms with E-state index in [0.29, 0.717) is 37.9 Å². The smallest absolute Gasteiger partial charge is 0.319 e. The lowest BCUT2D eigenvalue weighted by molar-refractivity contribution is -0.142. The van der Waals surface area contributed by atoms with Crippen LogP contribution < -0.4 is 10.5 Å². The van der Waals surface area contributed by atoms with Gasteiger partial charge in [0.15, 0.2) is 5.82 Å². The molecule has 0 atom stereocenters. The van der Waals surface area contributed by atoms with Gasteiger partial charge in [0.25, 0.3) is 5.56 Å². The van der Waals surface area contributed by atoms with Crippen molar-refractivity contribution >= 4 is 23.3 Å². The molecule has 144 valence electrons. The average molecular weight is 399 g/mol. The number of esters is 1. The zero-order valence-corrected chi connectivity index (χ0v) is 15.2. The monoisotopic (exact) mass is 398 g/mol. The Bertz CT molecular complexity index is 914. The van der Waals surface area contributed by atoms with Crippen molar-refractivity contribution in [3.63, 3.8) is 0 Å². The maximum absolute atomic E-state index is 13.9. The molecule has 27 heavy (non-hydrogen) atoms. The van der Waals surface area contributed by atoms with Crippen LogP contribution in [0.3, 0.4) is 0 Å². The molecule has 0 aliphatic carbocycles. The van der Waals surface area contributed by atoms with Gasteiger partial charge in [0, 0.05) is 32.2 Å². The molecule has 1 aromatic carbocycles. The molecule has 0 saturated carbocycles. The van der Waals surface area contributed by atoms with E-state index in [9.17, 15) is 18.4 Å². The second-order valence-electron chi connectivity index (χ2n) is 6.00. The molecular weight excluding hydrogens is 382 g/mol. The van der Waals surface area contributed by atoms with Gasteiger partial charge in [-0.3, -0.25) is 14.5 Å². The van der Waals surface area contributed by atoms with Gasteiger partial charge < -0.3 is 9.64 Å². The van der Waals surface area contributed by atoms with Gasteiger partial charge in [-0.2, -0.15) is 9.78 Å². The fourth-order valence-electron chi connectivity index (χ4n) is 2.86. The van der Waals surface area contributed by atoms with Crippen LogP contribution in [0.1, 0.15) is 0 Å². The van der Waals surface area contributed by atoms with Crippen molar-refractivity contribution < 1.29 is 18.3 Å². The van der Waals surface area contributed by atoms with Gasteiger partial charge in [0.1, 0.15) is 16.5 Å². The molecule has 0 unspecified atom stereocenters. The van der Waals surface area contributed by atoms with Crippen molar-refractivity contribution in [1.29, 1.82) is 0 Å². The lowest BCUT2D eigenvalue weighted by atomic mass is 10.2. The van der Waals surface area contributed by atoms with Crippen molar-refractivity contribution in [2.45, 2.75) is 0 Å². The maximum Gasteiger partial charge on any atom is 0.319 e. The number of rotatable bonds is 4. The first-order chi connectivity index (χ1) is 12.9. The van der Waals surface area contributed by atoms with Gasteiger partial charge >= 0.3 is 5.97 Å². The Kier molecular flexibility index (Phi) is 5.71. The fraction of sp³-hybridized carbons (Fsp3) is 0.353. The molecule has 0 amide bonds. The largest absolute Gasteiger partial charge is 0.468 e. The molecule has 2 aromatic rings. The summed E-state index contributed by atoms with van der Waals surface area (Å²) in [7, 11) is 1.34. The lowest BCUT2D eigenvalue weighted by Crippen LogP contribution is -2.48. The molecule has 1 fully saturated rings. The third-order valence-corrected chi connectivity index (χ3v) is 4.69. The highest BCUT2D eigenvalue weighted by molar-refractivity contribution is 6.33. The number of ether oxygens (including phenoxy) is 1. The van der Waals surface area contributed by atoms with Crippen molar-refractivity contribution in [3.8, 4) is 5.69 Å². The molecule has 0 spiro atoms. The van der Waals surface area contributed by atoms with Crippen LogP contribution in [0, 0.1) is 11.6 Å². The van der Waals surface area contributed by atoms with E-state index < -0.39 is 17.2 Å². The number of nitrogens with zero attached hydrogens (tertiary/aromatic N) is 4. The highest BCUT2D eigenvalue weighted by Crippen LogP contribution is 2.23. The van der Waals surface area contributed by atoms with Crippen LogP contribution in [0.5, 0.6) is 0 Å². The molecule has 7 nitrogen and oxygen atoms in total. The van der Waals surface area contributed by atoms with Crippen molar-refractivity contribution in [2.75, 3.05) is 44.7 Å². The van der Waals surface area contributed by atoms with E-state index in [1.165, 1.54) is 13.3 Å². The van der Waals surface area contributed by atoms with Gasteiger partial charge in [-0.25, -0.2) is 8.78 Å².